The van der Waals surface area contributed by atoms with Crippen LogP contribution in [0.5, 0.6) is 0 Å². The van der Waals surface area contributed by atoms with Gasteiger partial charge in [-0.1, -0.05) is 18.1 Å². The van der Waals surface area contributed by atoms with E-state index < -0.39 is 0 Å². The van der Waals surface area contributed by atoms with Crippen molar-refractivity contribution < 1.29 is 9.18 Å². The second-order valence-electron chi connectivity index (χ2n) is 7.24. The summed E-state index contributed by atoms with van der Waals surface area (Å²) in [6.07, 6.45) is 6.60. The first-order valence-corrected chi connectivity index (χ1v) is 9.93. The minimum absolute atomic E-state index is 0.298. The summed E-state index contributed by atoms with van der Waals surface area (Å²) in [5.41, 5.74) is 3.81. The molecule has 4 heterocycles. The van der Waals surface area contributed by atoms with Crippen LogP contribution in [0.2, 0.25) is 0 Å². The molecule has 8 heteroatoms. The zero-order valence-corrected chi connectivity index (χ0v) is 17.0. The number of hydrogen-bond acceptors (Lipinski definition) is 4. The molecule has 5 aromatic rings. The third-order valence-electron chi connectivity index (χ3n) is 5.08. The first kappa shape index (κ1) is 19.5. The maximum atomic E-state index is 13.5. The number of carbonyl (C=O) groups excluding carboxylic acids is 1. The van der Waals surface area contributed by atoms with E-state index in [1.54, 1.807) is 52.7 Å². The lowest BCUT2D eigenvalue weighted by molar-refractivity contribution is 0.0941. The number of hydrogen-bond donors (Lipinski definition) is 1. The summed E-state index contributed by atoms with van der Waals surface area (Å²) in [4.78, 5) is 17.2. The number of benzene rings is 1. The van der Waals surface area contributed by atoms with Crippen molar-refractivity contribution in [2.75, 3.05) is 0 Å². The second kappa shape index (κ2) is 7.96. The number of pyridine rings is 1. The first-order chi connectivity index (χ1) is 15.6. The Bertz CT molecular complexity index is 1520. The van der Waals surface area contributed by atoms with Crippen molar-refractivity contribution in [3.8, 4) is 11.8 Å². The van der Waals surface area contributed by atoms with Crippen LogP contribution in [0, 0.1) is 17.7 Å². The average Bonchev–Trinajstić information content (AvgIpc) is 3.41. The zero-order valence-electron chi connectivity index (χ0n) is 17.0. The van der Waals surface area contributed by atoms with E-state index in [2.05, 4.69) is 32.3 Å². The van der Waals surface area contributed by atoms with Gasteiger partial charge in [0.1, 0.15) is 11.5 Å². The highest BCUT2D eigenvalue weighted by Gasteiger charge is 2.16. The van der Waals surface area contributed by atoms with Crippen LogP contribution in [-0.2, 0) is 0 Å². The van der Waals surface area contributed by atoms with Crippen molar-refractivity contribution in [2.45, 2.75) is 13.0 Å². The number of imidazole rings is 1. The van der Waals surface area contributed by atoms with Gasteiger partial charge in [0.2, 0.25) is 0 Å². The van der Waals surface area contributed by atoms with Crippen LogP contribution in [-0.4, -0.2) is 30.1 Å². The molecular weight excluding hydrogens is 407 g/mol. The van der Waals surface area contributed by atoms with Gasteiger partial charge in [-0.05, 0) is 54.8 Å². The lowest BCUT2D eigenvalue weighted by Gasteiger charge is -2.14. The highest BCUT2D eigenvalue weighted by molar-refractivity contribution is 6.00. The van der Waals surface area contributed by atoms with E-state index in [1.165, 1.54) is 18.3 Å². The lowest BCUT2D eigenvalue weighted by atomic mass is 10.1. The Labute approximate surface area is 182 Å². The van der Waals surface area contributed by atoms with Gasteiger partial charge in [-0.25, -0.2) is 18.4 Å². The van der Waals surface area contributed by atoms with Crippen molar-refractivity contribution in [3.05, 3.63) is 102 Å². The number of carbonyl (C=O) groups is 1. The minimum Gasteiger partial charge on any atom is -0.345 e. The second-order valence-corrected chi connectivity index (χ2v) is 7.24. The molecule has 1 atom stereocenters. The largest absolute Gasteiger partial charge is 0.345 e. The quantitative estimate of drug-likeness (QED) is 0.451. The maximum absolute atomic E-state index is 13.5. The van der Waals surface area contributed by atoms with Gasteiger partial charge < -0.3 is 5.32 Å². The summed E-state index contributed by atoms with van der Waals surface area (Å²) in [5, 5.41) is 11.4. The molecular formula is C24H17FN6O. The molecule has 7 nitrogen and oxygen atoms in total. The van der Waals surface area contributed by atoms with E-state index in [0.29, 0.717) is 22.3 Å². The summed E-state index contributed by atoms with van der Waals surface area (Å²) in [5.74, 6) is 5.52. The summed E-state index contributed by atoms with van der Waals surface area (Å²) in [6.45, 7) is 1.80. The lowest BCUT2D eigenvalue weighted by Crippen LogP contribution is -2.26. The smallest absolute Gasteiger partial charge is 0.255 e. The molecule has 0 aliphatic heterocycles. The summed E-state index contributed by atoms with van der Waals surface area (Å²) in [6, 6.07) is 13.1. The van der Waals surface area contributed by atoms with Crippen LogP contribution in [0.25, 0.3) is 11.2 Å². The SMILES string of the molecule is C[C@H](NC(=O)c1cnn2ccc(C#Cc3cnc4cccnn34)cc12)c1cccc(F)c1. The Hall–Kier alpha value is -4.51. The van der Waals surface area contributed by atoms with E-state index in [9.17, 15) is 9.18 Å². The normalized spacial score (nSPS) is 11.8. The van der Waals surface area contributed by atoms with Crippen molar-refractivity contribution in [2.24, 2.45) is 0 Å². The van der Waals surface area contributed by atoms with Gasteiger partial charge in [0.25, 0.3) is 5.91 Å². The summed E-state index contributed by atoms with van der Waals surface area (Å²) < 4.78 is 16.8. The van der Waals surface area contributed by atoms with Crippen LogP contribution >= 0.6 is 0 Å². The molecule has 0 aliphatic carbocycles. The fourth-order valence-electron chi connectivity index (χ4n) is 3.42. The number of fused-ring (bicyclic) bond motifs is 2. The van der Waals surface area contributed by atoms with Crippen molar-refractivity contribution >= 4 is 17.1 Å². The predicted molar refractivity (Wildman–Crippen MR) is 116 cm³/mol. The molecule has 1 amide bonds. The molecule has 0 aliphatic rings. The Morgan fingerprint density at radius 3 is 2.88 bits per heavy atom. The predicted octanol–water partition coefficient (Wildman–Crippen LogP) is 3.41. The molecule has 0 bridgehead atoms. The molecule has 0 radical (unpaired) electrons. The molecule has 32 heavy (non-hydrogen) atoms. The van der Waals surface area contributed by atoms with E-state index >= 15 is 0 Å². The molecule has 4 aromatic heterocycles. The molecule has 0 saturated heterocycles. The Morgan fingerprint density at radius 2 is 2.00 bits per heavy atom. The van der Waals surface area contributed by atoms with E-state index in [1.807, 2.05) is 18.2 Å². The molecule has 1 aromatic carbocycles. The van der Waals surface area contributed by atoms with Gasteiger partial charge in [-0.15, -0.1) is 0 Å². The zero-order chi connectivity index (χ0) is 22.1. The van der Waals surface area contributed by atoms with Crippen LogP contribution < -0.4 is 5.32 Å². The molecule has 1 N–H and O–H groups in total. The number of halogens is 1. The molecule has 0 fully saturated rings. The monoisotopic (exact) mass is 424 g/mol. The van der Waals surface area contributed by atoms with Crippen molar-refractivity contribution in [1.82, 2.24) is 29.5 Å². The molecule has 0 saturated carbocycles. The van der Waals surface area contributed by atoms with Gasteiger partial charge >= 0.3 is 0 Å². The fraction of sp³-hybridized carbons (Fsp3) is 0.0833. The maximum Gasteiger partial charge on any atom is 0.255 e. The third-order valence-corrected chi connectivity index (χ3v) is 5.08. The Kier molecular flexibility index (Phi) is 4.84. The molecule has 0 spiro atoms. The van der Waals surface area contributed by atoms with Crippen LogP contribution in [0.15, 0.2) is 73.3 Å². The topological polar surface area (TPSA) is 76.6 Å². The van der Waals surface area contributed by atoms with Gasteiger partial charge in [-0.2, -0.15) is 10.2 Å². The van der Waals surface area contributed by atoms with Gasteiger partial charge in [-0.3, -0.25) is 4.79 Å². The average molecular weight is 424 g/mol. The number of nitrogens with zero attached hydrogens (tertiary/aromatic N) is 5. The van der Waals surface area contributed by atoms with Crippen LogP contribution in [0.1, 0.15) is 40.1 Å². The van der Waals surface area contributed by atoms with Crippen molar-refractivity contribution in [1.29, 1.82) is 0 Å². The molecule has 0 unspecified atom stereocenters. The highest BCUT2D eigenvalue weighted by atomic mass is 19.1. The third kappa shape index (κ3) is 3.68. The highest BCUT2D eigenvalue weighted by Crippen LogP contribution is 2.17. The van der Waals surface area contributed by atoms with Gasteiger partial charge in [0, 0.05) is 18.0 Å². The first-order valence-electron chi connectivity index (χ1n) is 9.93. The van der Waals surface area contributed by atoms with Crippen LogP contribution in [0.4, 0.5) is 4.39 Å². The van der Waals surface area contributed by atoms with E-state index in [0.717, 1.165) is 11.2 Å². The summed E-state index contributed by atoms with van der Waals surface area (Å²) in [7, 11) is 0. The minimum atomic E-state index is -0.362. The van der Waals surface area contributed by atoms with Crippen molar-refractivity contribution in [3.63, 3.8) is 0 Å². The van der Waals surface area contributed by atoms with Gasteiger partial charge in [0.15, 0.2) is 5.65 Å². The van der Waals surface area contributed by atoms with E-state index in [-0.39, 0.29) is 17.8 Å². The fourth-order valence-corrected chi connectivity index (χ4v) is 3.42. The van der Waals surface area contributed by atoms with E-state index in [4.69, 9.17) is 0 Å². The summed E-state index contributed by atoms with van der Waals surface area (Å²) >= 11 is 0. The Balaban J connectivity index is 1.42. The number of aromatic nitrogens is 5. The molecule has 5 rings (SSSR count). The molecule has 156 valence electrons. The number of amides is 1. The standard InChI is InChI=1S/C24H17FN6O/c1-16(18-4-2-5-19(25)13-18)29-24(32)21-15-28-30-11-9-17(12-22(21)30)7-8-20-14-26-23-6-3-10-27-31(20)23/h2-6,9-16H,1H3,(H,29,32)/t16-/m0/s1. The van der Waals surface area contributed by atoms with Crippen LogP contribution in [0.3, 0.4) is 0 Å². The number of nitrogens with one attached hydrogen (secondary N) is 1. The van der Waals surface area contributed by atoms with Gasteiger partial charge in [0.05, 0.1) is 29.5 Å². The Morgan fingerprint density at radius 1 is 1.09 bits per heavy atom. The number of rotatable bonds is 3.